The van der Waals surface area contributed by atoms with E-state index in [4.69, 9.17) is 19.9 Å². The van der Waals surface area contributed by atoms with Crippen molar-refractivity contribution in [2.45, 2.75) is 26.2 Å². The Hall–Kier alpha value is -1.26. The topological polar surface area (TPSA) is 53.7 Å². The van der Waals surface area contributed by atoms with Gasteiger partial charge in [0.25, 0.3) is 0 Å². The molecule has 0 saturated heterocycles. The fourth-order valence-corrected chi connectivity index (χ4v) is 1.64. The van der Waals surface area contributed by atoms with Gasteiger partial charge in [0.05, 0.1) is 13.2 Å². The van der Waals surface area contributed by atoms with Crippen molar-refractivity contribution in [1.82, 2.24) is 0 Å². The van der Waals surface area contributed by atoms with Crippen LogP contribution < -0.4 is 15.2 Å². The Labute approximate surface area is 115 Å². The fraction of sp³-hybridized carbons (Fsp3) is 0.600. The molecule has 4 heteroatoms. The molecular formula is C15H25NO3. The van der Waals surface area contributed by atoms with Crippen molar-refractivity contribution in [2.75, 3.05) is 33.0 Å². The minimum Gasteiger partial charge on any atom is -0.494 e. The molecule has 1 rings (SSSR count). The monoisotopic (exact) mass is 267 g/mol. The van der Waals surface area contributed by atoms with E-state index >= 15 is 0 Å². The lowest BCUT2D eigenvalue weighted by Gasteiger charge is -2.08. The van der Waals surface area contributed by atoms with E-state index in [1.165, 1.54) is 0 Å². The zero-order chi connectivity index (χ0) is 13.8. The fourth-order valence-electron chi connectivity index (χ4n) is 1.64. The highest BCUT2D eigenvalue weighted by Crippen LogP contribution is 2.17. The quantitative estimate of drug-likeness (QED) is 0.626. The number of rotatable bonds is 11. The van der Waals surface area contributed by atoms with Crippen molar-refractivity contribution >= 4 is 0 Å². The molecule has 0 aromatic heterocycles. The first-order valence-electron chi connectivity index (χ1n) is 7.00. The molecule has 0 aliphatic heterocycles. The van der Waals surface area contributed by atoms with E-state index in [1.807, 2.05) is 31.2 Å². The molecule has 108 valence electrons. The maximum absolute atomic E-state index is 5.57. The number of benzene rings is 1. The average Bonchev–Trinajstić information content (AvgIpc) is 2.44. The van der Waals surface area contributed by atoms with E-state index in [0.717, 1.165) is 43.9 Å². The first kappa shape index (κ1) is 15.8. The van der Waals surface area contributed by atoms with Crippen LogP contribution in [0.4, 0.5) is 0 Å². The van der Waals surface area contributed by atoms with Crippen molar-refractivity contribution in [3.8, 4) is 11.5 Å². The average molecular weight is 267 g/mol. The van der Waals surface area contributed by atoms with E-state index in [9.17, 15) is 0 Å². The van der Waals surface area contributed by atoms with Crippen LogP contribution in [0.5, 0.6) is 11.5 Å². The van der Waals surface area contributed by atoms with Gasteiger partial charge in [0.15, 0.2) is 0 Å². The van der Waals surface area contributed by atoms with E-state index in [0.29, 0.717) is 19.8 Å². The maximum Gasteiger partial charge on any atom is 0.119 e. The van der Waals surface area contributed by atoms with Crippen LogP contribution in [0, 0.1) is 0 Å². The largest absolute Gasteiger partial charge is 0.494 e. The second kappa shape index (κ2) is 10.6. The number of hydrogen-bond donors (Lipinski definition) is 1. The molecule has 4 nitrogen and oxygen atoms in total. The van der Waals surface area contributed by atoms with E-state index < -0.39 is 0 Å². The molecule has 1 aromatic rings. The van der Waals surface area contributed by atoms with Gasteiger partial charge in [-0.05, 0) is 57.0 Å². The first-order chi connectivity index (χ1) is 9.36. The molecule has 0 aliphatic carbocycles. The third kappa shape index (κ3) is 7.70. The third-order valence-electron chi connectivity index (χ3n) is 2.62. The Bertz CT molecular complexity index is 314. The lowest BCUT2D eigenvalue weighted by atomic mass is 10.2. The molecule has 2 N–H and O–H groups in total. The normalized spacial score (nSPS) is 10.4. The van der Waals surface area contributed by atoms with Crippen LogP contribution in [0.25, 0.3) is 0 Å². The molecule has 0 heterocycles. The van der Waals surface area contributed by atoms with Crippen LogP contribution in [0.2, 0.25) is 0 Å². The highest BCUT2D eigenvalue weighted by molar-refractivity contribution is 5.31. The molecule has 0 aliphatic rings. The van der Waals surface area contributed by atoms with Gasteiger partial charge in [-0.3, -0.25) is 0 Å². The molecule has 0 atom stereocenters. The van der Waals surface area contributed by atoms with Gasteiger partial charge in [0.1, 0.15) is 18.1 Å². The summed E-state index contributed by atoms with van der Waals surface area (Å²) in [6.45, 7) is 5.39. The van der Waals surface area contributed by atoms with Gasteiger partial charge in [0, 0.05) is 6.61 Å². The molecule has 0 saturated carbocycles. The standard InChI is InChI=1S/C15H25NO3/c1-2-18-14-6-8-15(9-7-14)19-13-12-17-11-5-3-4-10-16/h6-9H,2-5,10-13,16H2,1H3. The van der Waals surface area contributed by atoms with Gasteiger partial charge in [-0.1, -0.05) is 0 Å². The van der Waals surface area contributed by atoms with Crippen LogP contribution in [0.1, 0.15) is 26.2 Å². The second-order valence-electron chi connectivity index (χ2n) is 4.21. The van der Waals surface area contributed by atoms with Crippen LogP contribution in [-0.4, -0.2) is 33.0 Å². The van der Waals surface area contributed by atoms with Crippen molar-refractivity contribution in [3.63, 3.8) is 0 Å². The third-order valence-corrected chi connectivity index (χ3v) is 2.62. The Balaban J connectivity index is 2.02. The number of ether oxygens (including phenoxy) is 3. The minimum absolute atomic E-state index is 0.574. The van der Waals surface area contributed by atoms with E-state index in [1.54, 1.807) is 0 Å². The number of nitrogens with two attached hydrogens (primary N) is 1. The summed E-state index contributed by atoms with van der Waals surface area (Å²) >= 11 is 0. The van der Waals surface area contributed by atoms with Crippen LogP contribution in [-0.2, 0) is 4.74 Å². The summed E-state index contributed by atoms with van der Waals surface area (Å²) in [6, 6.07) is 7.64. The molecule has 19 heavy (non-hydrogen) atoms. The summed E-state index contributed by atoms with van der Waals surface area (Å²) in [5.41, 5.74) is 5.42. The Kier molecular flexibility index (Phi) is 8.85. The van der Waals surface area contributed by atoms with E-state index in [2.05, 4.69) is 0 Å². The minimum atomic E-state index is 0.574. The molecular weight excluding hydrogens is 242 g/mol. The zero-order valence-electron chi connectivity index (χ0n) is 11.8. The predicted molar refractivity (Wildman–Crippen MR) is 76.8 cm³/mol. The smallest absolute Gasteiger partial charge is 0.119 e. The first-order valence-corrected chi connectivity index (χ1v) is 7.00. The van der Waals surface area contributed by atoms with Gasteiger partial charge in [0.2, 0.25) is 0 Å². The van der Waals surface area contributed by atoms with Crippen LogP contribution >= 0.6 is 0 Å². The van der Waals surface area contributed by atoms with E-state index in [-0.39, 0.29) is 0 Å². The zero-order valence-corrected chi connectivity index (χ0v) is 11.8. The summed E-state index contributed by atoms with van der Waals surface area (Å²) in [5.74, 6) is 1.71. The molecule has 0 unspecified atom stereocenters. The van der Waals surface area contributed by atoms with Gasteiger partial charge >= 0.3 is 0 Å². The second-order valence-corrected chi connectivity index (χ2v) is 4.21. The Morgan fingerprint density at radius 3 is 2.16 bits per heavy atom. The predicted octanol–water partition coefficient (Wildman–Crippen LogP) is 2.61. The summed E-state index contributed by atoms with van der Waals surface area (Å²) < 4.78 is 16.4. The van der Waals surface area contributed by atoms with Gasteiger partial charge in [-0.25, -0.2) is 0 Å². The highest BCUT2D eigenvalue weighted by atomic mass is 16.5. The summed E-state index contributed by atoms with van der Waals surface area (Å²) in [6.07, 6.45) is 3.28. The summed E-state index contributed by atoms with van der Waals surface area (Å²) in [5, 5.41) is 0. The molecule has 0 bridgehead atoms. The van der Waals surface area contributed by atoms with Gasteiger partial charge < -0.3 is 19.9 Å². The lowest BCUT2D eigenvalue weighted by molar-refractivity contribution is 0.0972. The molecule has 0 spiro atoms. The van der Waals surface area contributed by atoms with Crippen LogP contribution in [0.3, 0.4) is 0 Å². The van der Waals surface area contributed by atoms with Crippen molar-refractivity contribution in [2.24, 2.45) is 5.73 Å². The number of hydrogen-bond acceptors (Lipinski definition) is 4. The Morgan fingerprint density at radius 1 is 0.842 bits per heavy atom. The Morgan fingerprint density at radius 2 is 1.53 bits per heavy atom. The van der Waals surface area contributed by atoms with Gasteiger partial charge in [-0.15, -0.1) is 0 Å². The molecule has 1 aromatic carbocycles. The van der Waals surface area contributed by atoms with Crippen molar-refractivity contribution in [3.05, 3.63) is 24.3 Å². The van der Waals surface area contributed by atoms with Crippen molar-refractivity contribution in [1.29, 1.82) is 0 Å². The number of unbranched alkanes of at least 4 members (excludes halogenated alkanes) is 2. The molecule has 0 fully saturated rings. The van der Waals surface area contributed by atoms with Crippen molar-refractivity contribution < 1.29 is 14.2 Å². The summed E-state index contributed by atoms with van der Waals surface area (Å²) in [4.78, 5) is 0. The highest BCUT2D eigenvalue weighted by Gasteiger charge is 1.96. The lowest BCUT2D eigenvalue weighted by Crippen LogP contribution is -2.08. The van der Waals surface area contributed by atoms with Crippen LogP contribution in [0.15, 0.2) is 24.3 Å². The maximum atomic E-state index is 5.57. The molecule has 0 amide bonds. The summed E-state index contributed by atoms with van der Waals surface area (Å²) in [7, 11) is 0. The SMILES string of the molecule is CCOc1ccc(OCCOCCCCCN)cc1. The van der Waals surface area contributed by atoms with Gasteiger partial charge in [-0.2, -0.15) is 0 Å². The molecule has 0 radical (unpaired) electrons.